The first kappa shape index (κ1) is 20.6. The number of aromatic nitrogens is 1. The number of rotatable bonds is 7. The molecule has 0 spiro atoms. The Morgan fingerprint density at radius 1 is 1.33 bits per heavy atom. The highest BCUT2D eigenvalue weighted by Gasteiger charge is 2.31. The number of alkyl halides is 3. The number of thiazole rings is 1. The average molecular weight is 409 g/mol. The molecule has 0 saturated carbocycles. The first-order chi connectivity index (χ1) is 12.7. The van der Waals surface area contributed by atoms with Crippen LogP contribution in [0.15, 0.2) is 22.6 Å². The van der Waals surface area contributed by atoms with Gasteiger partial charge in [0.1, 0.15) is 17.4 Å². The van der Waals surface area contributed by atoms with Crippen LogP contribution in [0.4, 0.5) is 27.1 Å². The fraction of sp³-hybridized carbons (Fsp3) is 0.267. The van der Waals surface area contributed by atoms with Gasteiger partial charge < -0.3 is 9.47 Å². The van der Waals surface area contributed by atoms with E-state index in [1.54, 1.807) is 12.3 Å². The maximum atomic E-state index is 13.8. The smallest absolute Gasteiger partial charge is 0.466 e. The van der Waals surface area contributed by atoms with Crippen LogP contribution in [0.25, 0.3) is 0 Å². The van der Waals surface area contributed by atoms with Crippen LogP contribution in [-0.2, 0) is 16.0 Å². The summed E-state index contributed by atoms with van der Waals surface area (Å²) in [6.45, 7) is 1.91. The summed E-state index contributed by atoms with van der Waals surface area (Å²) < 4.78 is 72.0. The normalized spacial score (nSPS) is 11.6. The topological polar surface area (TPSA) is 72.8 Å². The second kappa shape index (κ2) is 8.75. The summed E-state index contributed by atoms with van der Waals surface area (Å²) in [7, 11) is 0. The number of ether oxygens (including phenoxy) is 2. The molecule has 0 amide bonds. The molecular formula is C15H12F5N3O3S. The summed E-state index contributed by atoms with van der Waals surface area (Å²) in [6.07, 6.45) is -4.36. The van der Waals surface area contributed by atoms with E-state index in [4.69, 9.17) is 4.74 Å². The number of benzene rings is 1. The number of hydrogen-bond donors (Lipinski definition) is 1. The van der Waals surface area contributed by atoms with Crippen molar-refractivity contribution < 1.29 is 36.2 Å². The van der Waals surface area contributed by atoms with Gasteiger partial charge >= 0.3 is 12.3 Å². The van der Waals surface area contributed by atoms with Crippen molar-refractivity contribution in [3.05, 3.63) is 40.4 Å². The van der Waals surface area contributed by atoms with Crippen molar-refractivity contribution in [2.45, 2.75) is 19.7 Å². The van der Waals surface area contributed by atoms with Gasteiger partial charge in [-0.2, -0.15) is 5.10 Å². The van der Waals surface area contributed by atoms with E-state index in [1.165, 1.54) is 0 Å². The van der Waals surface area contributed by atoms with E-state index in [-0.39, 0.29) is 18.2 Å². The zero-order valence-electron chi connectivity index (χ0n) is 13.6. The third kappa shape index (κ3) is 6.47. The van der Waals surface area contributed by atoms with Crippen LogP contribution in [0.2, 0.25) is 0 Å². The lowest BCUT2D eigenvalue weighted by Crippen LogP contribution is -2.17. The number of anilines is 1. The van der Waals surface area contributed by atoms with Gasteiger partial charge in [-0.05, 0) is 6.92 Å². The Balaban J connectivity index is 2.02. The minimum absolute atomic E-state index is 0.0420. The lowest BCUT2D eigenvalue weighted by molar-refractivity contribution is -0.274. The molecule has 0 fully saturated rings. The van der Waals surface area contributed by atoms with Crippen LogP contribution in [0.5, 0.6) is 5.75 Å². The molecule has 0 unspecified atom stereocenters. The highest BCUT2D eigenvalue weighted by atomic mass is 32.1. The van der Waals surface area contributed by atoms with Gasteiger partial charge in [0.15, 0.2) is 0 Å². The third-order valence-corrected chi connectivity index (χ3v) is 3.62. The van der Waals surface area contributed by atoms with Gasteiger partial charge in [0.05, 0.1) is 30.5 Å². The molecule has 2 rings (SSSR count). The van der Waals surface area contributed by atoms with E-state index in [1.807, 2.05) is 0 Å². The molecule has 0 bridgehead atoms. The van der Waals surface area contributed by atoms with Crippen LogP contribution >= 0.6 is 11.3 Å². The van der Waals surface area contributed by atoms with Gasteiger partial charge in [0, 0.05) is 17.5 Å². The highest BCUT2D eigenvalue weighted by Crippen LogP contribution is 2.26. The average Bonchev–Trinajstić information content (AvgIpc) is 2.96. The van der Waals surface area contributed by atoms with Crippen LogP contribution in [-0.4, -0.2) is 30.1 Å². The molecule has 0 radical (unpaired) electrons. The fourth-order valence-electron chi connectivity index (χ4n) is 1.83. The molecule has 1 aromatic carbocycles. The molecule has 1 aromatic heterocycles. The van der Waals surface area contributed by atoms with Crippen molar-refractivity contribution >= 4 is 28.7 Å². The maximum absolute atomic E-state index is 13.8. The number of nitrogens with zero attached hydrogens (tertiary/aromatic N) is 2. The number of hydrogen-bond acceptors (Lipinski definition) is 7. The summed E-state index contributed by atoms with van der Waals surface area (Å²) in [5, 5.41) is 5.39. The van der Waals surface area contributed by atoms with Crippen LogP contribution < -0.4 is 10.2 Å². The number of hydrazone groups is 1. The van der Waals surface area contributed by atoms with E-state index < -0.39 is 35.3 Å². The summed E-state index contributed by atoms with van der Waals surface area (Å²) in [5.74, 6) is -4.06. The molecule has 1 heterocycles. The van der Waals surface area contributed by atoms with Gasteiger partial charge in [-0.15, -0.1) is 24.5 Å². The van der Waals surface area contributed by atoms with Crippen LogP contribution in [0.1, 0.15) is 18.2 Å². The number of carbonyl (C=O) groups is 1. The van der Waals surface area contributed by atoms with Gasteiger partial charge in [0.2, 0.25) is 5.13 Å². The highest BCUT2D eigenvalue weighted by molar-refractivity contribution is 7.13. The lowest BCUT2D eigenvalue weighted by atomic mass is 10.2. The number of nitrogens with one attached hydrogen (secondary N) is 1. The zero-order valence-corrected chi connectivity index (χ0v) is 14.5. The number of carbonyl (C=O) groups excluding carboxylic acids is 1. The quantitative estimate of drug-likeness (QED) is 0.325. The van der Waals surface area contributed by atoms with Crippen molar-refractivity contribution in [1.29, 1.82) is 0 Å². The van der Waals surface area contributed by atoms with Gasteiger partial charge in [-0.1, -0.05) is 0 Å². The second-order valence-electron chi connectivity index (χ2n) is 4.84. The van der Waals surface area contributed by atoms with E-state index in [2.05, 4.69) is 20.2 Å². The Morgan fingerprint density at radius 3 is 2.59 bits per heavy atom. The van der Waals surface area contributed by atoms with Crippen molar-refractivity contribution in [2.75, 3.05) is 12.0 Å². The van der Waals surface area contributed by atoms with E-state index in [0.29, 0.717) is 17.8 Å². The molecule has 6 nitrogen and oxygen atoms in total. The Bertz CT molecular complexity index is 815. The second-order valence-corrected chi connectivity index (χ2v) is 5.70. The van der Waals surface area contributed by atoms with E-state index in [9.17, 15) is 26.7 Å². The Labute approximate surface area is 153 Å². The van der Waals surface area contributed by atoms with Crippen molar-refractivity contribution in [1.82, 2.24) is 4.98 Å². The molecule has 0 aliphatic carbocycles. The molecule has 146 valence electrons. The minimum atomic E-state index is -5.07. The summed E-state index contributed by atoms with van der Waals surface area (Å²) >= 11 is 1.09. The maximum Gasteiger partial charge on any atom is 0.573 e. The minimum Gasteiger partial charge on any atom is -0.466 e. The first-order valence-electron chi connectivity index (χ1n) is 7.32. The molecule has 2 aromatic rings. The summed E-state index contributed by atoms with van der Waals surface area (Å²) in [5.41, 5.74) is 2.16. The van der Waals surface area contributed by atoms with Crippen LogP contribution in [0.3, 0.4) is 0 Å². The third-order valence-electron chi connectivity index (χ3n) is 2.82. The Kier molecular flexibility index (Phi) is 6.66. The fourth-order valence-corrected chi connectivity index (χ4v) is 2.49. The van der Waals surface area contributed by atoms with Gasteiger partial charge in [-0.3, -0.25) is 10.2 Å². The molecule has 12 heteroatoms. The lowest BCUT2D eigenvalue weighted by Gasteiger charge is -2.09. The Hall–Kier alpha value is -2.76. The zero-order chi connectivity index (χ0) is 20.0. The predicted octanol–water partition coefficient (Wildman–Crippen LogP) is 3.87. The summed E-state index contributed by atoms with van der Waals surface area (Å²) in [4.78, 5) is 15.4. The SMILES string of the molecule is CCOC(=O)Cc1csc(NN=Cc2c(F)cc(OC(F)(F)F)cc2F)n1. The monoisotopic (exact) mass is 409 g/mol. The summed E-state index contributed by atoms with van der Waals surface area (Å²) in [6, 6.07) is 0.775. The molecular weight excluding hydrogens is 397 g/mol. The van der Waals surface area contributed by atoms with Crippen LogP contribution in [0, 0.1) is 11.6 Å². The number of halogens is 5. The largest absolute Gasteiger partial charge is 0.573 e. The van der Waals surface area contributed by atoms with Crippen molar-refractivity contribution in [3.63, 3.8) is 0 Å². The first-order valence-corrected chi connectivity index (χ1v) is 8.19. The molecule has 0 atom stereocenters. The van der Waals surface area contributed by atoms with Gasteiger partial charge in [0.25, 0.3) is 0 Å². The Morgan fingerprint density at radius 2 is 2.00 bits per heavy atom. The standard InChI is InChI=1S/C15H12F5N3O3S/c1-2-25-13(24)3-8-7-27-14(22-8)23-21-6-10-11(16)4-9(5-12(10)17)26-15(18,19)20/h4-7H,2-3H2,1H3,(H,22,23). The van der Waals surface area contributed by atoms with Crippen molar-refractivity contribution in [3.8, 4) is 5.75 Å². The van der Waals surface area contributed by atoms with E-state index in [0.717, 1.165) is 17.6 Å². The van der Waals surface area contributed by atoms with E-state index >= 15 is 0 Å². The molecule has 1 N–H and O–H groups in total. The molecule has 0 aliphatic rings. The predicted molar refractivity (Wildman–Crippen MR) is 86.7 cm³/mol. The molecule has 27 heavy (non-hydrogen) atoms. The molecule has 0 saturated heterocycles. The van der Waals surface area contributed by atoms with Gasteiger partial charge in [-0.25, -0.2) is 13.8 Å². The van der Waals surface area contributed by atoms with Crippen molar-refractivity contribution in [2.24, 2.45) is 5.10 Å². The number of esters is 1. The molecule has 0 aliphatic heterocycles.